The number of nitrogens with zero attached hydrogens (tertiary/aromatic N) is 1. The Hall–Kier alpha value is -2.60. The Bertz CT molecular complexity index is 825. The number of likely N-dealkylation sites (tertiary alicyclic amines) is 1. The van der Waals surface area contributed by atoms with Crippen LogP contribution in [0, 0.1) is 19.7 Å². The van der Waals surface area contributed by atoms with Gasteiger partial charge in [0, 0.05) is 12.7 Å². The topological polar surface area (TPSA) is 64.8 Å². The molecule has 1 heterocycles. The second-order valence-electron chi connectivity index (χ2n) is 6.62. The lowest BCUT2D eigenvalue weighted by Crippen LogP contribution is -2.32. The maximum absolute atomic E-state index is 14.1. The van der Waals surface area contributed by atoms with Crippen molar-refractivity contribution in [2.45, 2.75) is 26.1 Å². The molecule has 1 fully saturated rings. The summed E-state index contributed by atoms with van der Waals surface area (Å²) in [5, 5.41) is 0. The molecule has 0 unspecified atom stereocenters. The SMILES string of the molecule is CO[C@@H]1CN(C(=O)c2cc(C)ccc2C)C[C@H]1Oc1cccc(N)c1F. The van der Waals surface area contributed by atoms with Gasteiger partial charge in [0.25, 0.3) is 5.91 Å². The zero-order chi connectivity index (χ0) is 18.8. The Labute approximate surface area is 152 Å². The van der Waals surface area contributed by atoms with Crippen LogP contribution in [-0.2, 0) is 4.74 Å². The number of aryl methyl sites for hydroxylation is 2. The number of carbonyl (C=O) groups is 1. The first-order valence-electron chi connectivity index (χ1n) is 8.50. The highest BCUT2D eigenvalue weighted by Crippen LogP contribution is 2.27. The highest BCUT2D eigenvalue weighted by Gasteiger charge is 2.38. The van der Waals surface area contributed by atoms with Gasteiger partial charge in [-0.05, 0) is 37.6 Å². The number of benzene rings is 2. The Kier molecular flexibility index (Phi) is 5.13. The third kappa shape index (κ3) is 3.51. The number of rotatable bonds is 4. The molecular weight excluding hydrogens is 335 g/mol. The van der Waals surface area contributed by atoms with Crippen LogP contribution in [-0.4, -0.2) is 43.2 Å². The second kappa shape index (κ2) is 7.33. The zero-order valence-electron chi connectivity index (χ0n) is 15.2. The lowest BCUT2D eigenvalue weighted by Gasteiger charge is -2.19. The third-order valence-electron chi connectivity index (χ3n) is 4.70. The van der Waals surface area contributed by atoms with E-state index < -0.39 is 11.9 Å². The van der Waals surface area contributed by atoms with Crippen LogP contribution in [0.2, 0.25) is 0 Å². The van der Waals surface area contributed by atoms with Gasteiger partial charge in [0.1, 0.15) is 12.2 Å². The number of ether oxygens (including phenoxy) is 2. The number of nitrogen functional groups attached to an aromatic ring is 1. The van der Waals surface area contributed by atoms with Crippen molar-refractivity contribution in [1.29, 1.82) is 0 Å². The fourth-order valence-corrected chi connectivity index (χ4v) is 3.17. The van der Waals surface area contributed by atoms with Gasteiger partial charge >= 0.3 is 0 Å². The molecule has 1 saturated heterocycles. The molecule has 0 radical (unpaired) electrons. The number of methoxy groups -OCH3 is 1. The predicted molar refractivity (Wildman–Crippen MR) is 97.8 cm³/mol. The molecule has 0 saturated carbocycles. The molecule has 1 amide bonds. The van der Waals surface area contributed by atoms with Crippen molar-refractivity contribution < 1.29 is 18.7 Å². The Balaban J connectivity index is 1.79. The molecule has 26 heavy (non-hydrogen) atoms. The van der Waals surface area contributed by atoms with Crippen LogP contribution in [0.3, 0.4) is 0 Å². The minimum absolute atomic E-state index is 0.0257. The Morgan fingerprint density at radius 2 is 1.92 bits per heavy atom. The van der Waals surface area contributed by atoms with Crippen LogP contribution < -0.4 is 10.5 Å². The average molecular weight is 358 g/mol. The van der Waals surface area contributed by atoms with E-state index in [1.165, 1.54) is 12.1 Å². The molecule has 0 spiro atoms. The monoisotopic (exact) mass is 358 g/mol. The molecule has 0 aromatic heterocycles. The summed E-state index contributed by atoms with van der Waals surface area (Å²) in [4.78, 5) is 14.6. The molecule has 6 heteroatoms. The van der Waals surface area contributed by atoms with Crippen molar-refractivity contribution >= 4 is 11.6 Å². The number of hydrogen-bond acceptors (Lipinski definition) is 4. The van der Waals surface area contributed by atoms with Crippen LogP contribution in [0.4, 0.5) is 10.1 Å². The van der Waals surface area contributed by atoms with E-state index in [-0.39, 0.29) is 23.4 Å². The summed E-state index contributed by atoms with van der Waals surface area (Å²) in [7, 11) is 1.56. The van der Waals surface area contributed by atoms with Crippen molar-refractivity contribution in [2.75, 3.05) is 25.9 Å². The summed E-state index contributed by atoms with van der Waals surface area (Å²) in [6, 6.07) is 10.4. The standard InChI is InChI=1S/C20H23FN2O3/c1-12-7-8-13(2)14(9-12)20(24)23-10-17(25-3)18(11-23)26-16-6-4-5-15(22)19(16)21/h4-9,17-18H,10-11,22H2,1-3H3/t17-,18-/m1/s1. The van der Waals surface area contributed by atoms with Crippen molar-refractivity contribution in [3.05, 3.63) is 58.9 Å². The first-order valence-corrected chi connectivity index (χ1v) is 8.50. The first kappa shape index (κ1) is 18.2. The molecule has 2 aromatic rings. The van der Waals surface area contributed by atoms with Gasteiger partial charge in [-0.15, -0.1) is 0 Å². The van der Waals surface area contributed by atoms with E-state index in [1.54, 1.807) is 18.1 Å². The summed E-state index contributed by atoms with van der Waals surface area (Å²) in [5.74, 6) is -0.604. The number of carbonyl (C=O) groups excluding carboxylic acids is 1. The lowest BCUT2D eigenvalue weighted by molar-refractivity contribution is 0.0323. The fraction of sp³-hybridized carbons (Fsp3) is 0.350. The predicted octanol–water partition coefficient (Wildman–Crippen LogP) is 2.94. The van der Waals surface area contributed by atoms with E-state index in [0.29, 0.717) is 18.7 Å². The largest absolute Gasteiger partial charge is 0.483 e. The normalized spacial score (nSPS) is 19.6. The summed E-state index contributed by atoms with van der Waals surface area (Å²) in [6.45, 7) is 4.57. The van der Waals surface area contributed by atoms with Gasteiger partial charge in [-0.3, -0.25) is 4.79 Å². The molecule has 1 aliphatic rings. The van der Waals surface area contributed by atoms with E-state index in [1.807, 2.05) is 32.0 Å². The quantitative estimate of drug-likeness (QED) is 0.854. The van der Waals surface area contributed by atoms with Gasteiger partial charge in [0.2, 0.25) is 0 Å². The summed E-state index contributed by atoms with van der Waals surface area (Å²) in [6.07, 6.45) is -0.810. The summed E-state index contributed by atoms with van der Waals surface area (Å²) < 4.78 is 25.4. The van der Waals surface area contributed by atoms with Crippen molar-refractivity contribution in [3.63, 3.8) is 0 Å². The van der Waals surface area contributed by atoms with E-state index >= 15 is 0 Å². The van der Waals surface area contributed by atoms with Gasteiger partial charge < -0.3 is 20.1 Å². The maximum Gasteiger partial charge on any atom is 0.254 e. The van der Waals surface area contributed by atoms with Gasteiger partial charge in [0.15, 0.2) is 11.6 Å². The molecule has 138 valence electrons. The number of anilines is 1. The van der Waals surface area contributed by atoms with E-state index in [9.17, 15) is 9.18 Å². The highest BCUT2D eigenvalue weighted by molar-refractivity contribution is 5.96. The number of amides is 1. The second-order valence-corrected chi connectivity index (χ2v) is 6.62. The molecule has 0 bridgehead atoms. The number of nitrogens with two attached hydrogens (primary N) is 1. The molecule has 1 aliphatic heterocycles. The minimum Gasteiger partial charge on any atom is -0.483 e. The minimum atomic E-state index is -0.596. The van der Waals surface area contributed by atoms with Crippen LogP contribution in [0.1, 0.15) is 21.5 Å². The van der Waals surface area contributed by atoms with Crippen molar-refractivity contribution in [1.82, 2.24) is 4.90 Å². The van der Waals surface area contributed by atoms with Crippen LogP contribution >= 0.6 is 0 Å². The maximum atomic E-state index is 14.1. The van der Waals surface area contributed by atoms with Crippen molar-refractivity contribution in [2.24, 2.45) is 0 Å². The zero-order valence-corrected chi connectivity index (χ0v) is 15.2. The van der Waals surface area contributed by atoms with E-state index in [0.717, 1.165) is 11.1 Å². The first-order chi connectivity index (χ1) is 12.4. The highest BCUT2D eigenvalue weighted by atomic mass is 19.1. The average Bonchev–Trinajstić information content (AvgIpc) is 3.03. The van der Waals surface area contributed by atoms with Crippen molar-refractivity contribution in [3.8, 4) is 5.75 Å². The van der Waals surface area contributed by atoms with Gasteiger partial charge in [0.05, 0.1) is 18.8 Å². The van der Waals surface area contributed by atoms with E-state index in [4.69, 9.17) is 15.2 Å². The molecule has 2 atom stereocenters. The Morgan fingerprint density at radius 1 is 1.19 bits per heavy atom. The van der Waals surface area contributed by atoms with Crippen LogP contribution in [0.15, 0.2) is 36.4 Å². The molecule has 2 aromatic carbocycles. The summed E-state index contributed by atoms with van der Waals surface area (Å²) in [5.41, 5.74) is 8.22. The number of hydrogen-bond donors (Lipinski definition) is 1. The molecular formula is C20H23FN2O3. The van der Waals surface area contributed by atoms with Crippen LogP contribution in [0.5, 0.6) is 5.75 Å². The molecule has 5 nitrogen and oxygen atoms in total. The smallest absolute Gasteiger partial charge is 0.254 e. The fourth-order valence-electron chi connectivity index (χ4n) is 3.17. The molecule has 3 rings (SSSR count). The third-order valence-corrected chi connectivity index (χ3v) is 4.70. The van der Waals surface area contributed by atoms with E-state index in [2.05, 4.69) is 0 Å². The summed E-state index contributed by atoms with van der Waals surface area (Å²) >= 11 is 0. The molecule has 0 aliphatic carbocycles. The van der Waals surface area contributed by atoms with Gasteiger partial charge in [-0.25, -0.2) is 4.39 Å². The van der Waals surface area contributed by atoms with Crippen LogP contribution in [0.25, 0.3) is 0 Å². The molecule has 2 N–H and O–H groups in total. The van der Waals surface area contributed by atoms with Gasteiger partial charge in [-0.2, -0.15) is 0 Å². The number of halogens is 1. The Morgan fingerprint density at radius 3 is 2.65 bits per heavy atom. The van der Waals surface area contributed by atoms with Gasteiger partial charge in [-0.1, -0.05) is 23.8 Å². The lowest BCUT2D eigenvalue weighted by atomic mass is 10.0.